The average Bonchev–Trinajstić information content (AvgIpc) is 2.62. The average molecular weight is 181 g/mol. The molecular weight excluding hydrogens is 166 g/mol. The molecule has 72 valence electrons. The van der Waals surface area contributed by atoms with Gasteiger partial charge in [0.05, 0.1) is 6.20 Å². The van der Waals surface area contributed by atoms with Crippen molar-refractivity contribution in [2.45, 2.75) is 37.8 Å². The lowest BCUT2D eigenvalue weighted by molar-refractivity contribution is 0.403. The van der Waals surface area contributed by atoms with Crippen molar-refractivity contribution in [1.29, 1.82) is 0 Å². The third-order valence-electron chi connectivity index (χ3n) is 2.53. The summed E-state index contributed by atoms with van der Waals surface area (Å²) in [5, 5.41) is 3.25. The van der Waals surface area contributed by atoms with Gasteiger partial charge in [0.25, 0.3) is 6.01 Å². The lowest BCUT2D eigenvalue weighted by Crippen LogP contribution is -2.32. The van der Waals surface area contributed by atoms with Gasteiger partial charge in [0.15, 0.2) is 0 Å². The van der Waals surface area contributed by atoms with E-state index in [2.05, 4.69) is 10.3 Å². The summed E-state index contributed by atoms with van der Waals surface area (Å²) in [5.74, 6) is 0. The molecule has 2 rings (SSSR count). The summed E-state index contributed by atoms with van der Waals surface area (Å²) in [6, 6.07) is 1.50. The molecule has 1 aromatic heterocycles. The van der Waals surface area contributed by atoms with Gasteiger partial charge in [0.1, 0.15) is 6.26 Å². The molecule has 0 radical (unpaired) electrons. The monoisotopic (exact) mass is 181 g/mol. The molecule has 0 unspecified atom stereocenters. The molecule has 1 aliphatic rings. The van der Waals surface area contributed by atoms with E-state index in [1.807, 2.05) is 0 Å². The van der Waals surface area contributed by atoms with Crippen LogP contribution in [0.2, 0.25) is 0 Å². The zero-order chi connectivity index (χ0) is 9.10. The van der Waals surface area contributed by atoms with Crippen LogP contribution >= 0.6 is 0 Å². The lowest BCUT2D eigenvalue weighted by atomic mass is 9.92. The smallest absolute Gasteiger partial charge is 0.294 e. The number of nitrogens with one attached hydrogen (secondary N) is 1. The Labute approximate surface area is 77.5 Å². The third kappa shape index (κ3) is 2.21. The summed E-state index contributed by atoms with van der Waals surface area (Å²) in [7, 11) is 0. The van der Waals surface area contributed by atoms with Crippen molar-refractivity contribution in [2.75, 3.05) is 5.32 Å². The van der Waals surface area contributed by atoms with Gasteiger partial charge in [-0.1, -0.05) is 0 Å². The van der Waals surface area contributed by atoms with Gasteiger partial charge in [-0.25, -0.2) is 4.98 Å². The van der Waals surface area contributed by atoms with E-state index in [0.29, 0.717) is 18.1 Å². The van der Waals surface area contributed by atoms with Crippen LogP contribution in [0.25, 0.3) is 0 Å². The second kappa shape index (κ2) is 3.79. The van der Waals surface area contributed by atoms with E-state index >= 15 is 0 Å². The van der Waals surface area contributed by atoms with E-state index in [-0.39, 0.29) is 0 Å². The van der Waals surface area contributed by atoms with Crippen molar-refractivity contribution < 1.29 is 4.42 Å². The van der Waals surface area contributed by atoms with Crippen molar-refractivity contribution in [3.05, 3.63) is 12.5 Å². The van der Waals surface area contributed by atoms with Gasteiger partial charge in [0, 0.05) is 12.1 Å². The molecule has 0 spiro atoms. The number of aromatic nitrogens is 1. The first-order valence-electron chi connectivity index (χ1n) is 4.76. The Morgan fingerprint density at radius 1 is 1.38 bits per heavy atom. The summed E-state index contributed by atoms with van der Waals surface area (Å²) in [6.45, 7) is 0. The SMILES string of the molecule is NC1CCC(Nc2ncco2)CC1. The van der Waals surface area contributed by atoms with Gasteiger partial charge in [-0.05, 0) is 25.7 Å². The number of nitrogens with two attached hydrogens (primary N) is 1. The summed E-state index contributed by atoms with van der Waals surface area (Å²) in [5.41, 5.74) is 5.80. The molecule has 0 saturated heterocycles. The largest absolute Gasteiger partial charge is 0.432 e. The first-order chi connectivity index (χ1) is 6.34. The molecule has 0 bridgehead atoms. The second-order valence-electron chi connectivity index (χ2n) is 3.59. The summed E-state index contributed by atoms with van der Waals surface area (Å²) >= 11 is 0. The zero-order valence-electron chi connectivity index (χ0n) is 7.57. The quantitative estimate of drug-likeness (QED) is 0.723. The van der Waals surface area contributed by atoms with E-state index in [9.17, 15) is 0 Å². The van der Waals surface area contributed by atoms with Crippen molar-refractivity contribution in [2.24, 2.45) is 5.73 Å². The molecule has 1 aromatic rings. The number of hydrogen-bond acceptors (Lipinski definition) is 4. The van der Waals surface area contributed by atoms with Gasteiger partial charge in [-0.2, -0.15) is 0 Å². The highest BCUT2D eigenvalue weighted by Gasteiger charge is 2.18. The van der Waals surface area contributed by atoms with Crippen molar-refractivity contribution in [3.63, 3.8) is 0 Å². The van der Waals surface area contributed by atoms with Crippen LogP contribution in [0.3, 0.4) is 0 Å². The molecule has 4 heteroatoms. The maximum absolute atomic E-state index is 5.80. The van der Waals surface area contributed by atoms with Crippen LogP contribution in [0.1, 0.15) is 25.7 Å². The van der Waals surface area contributed by atoms with Crippen LogP contribution in [0.4, 0.5) is 6.01 Å². The Kier molecular flexibility index (Phi) is 2.49. The minimum Gasteiger partial charge on any atom is -0.432 e. The fraction of sp³-hybridized carbons (Fsp3) is 0.667. The number of nitrogens with zero attached hydrogens (tertiary/aromatic N) is 1. The molecule has 1 heterocycles. The highest BCUT2D eigenvalue weighted by atomic mass is 16.4. The molecule has 4 nitrogen and oxygen atoms in total. The van der Waals surface area contributed by atoms with Crippen LogP contribution in [0.5, 0.6) is 0 Å². The van der Waals surface area contributed by atoms with Crippen LogP contribution < -0.4 is 11.1 Å². The number of hydrogen-bond donors (Lipinski definition) is 2. The van der Waals surface area contributed by atoms with E-state index < -0.39 is 0 Å². The molecule has 1 saturated carbocycles. The second-order valence-corrected chi connectivity index (χ2v) is 3.59. The van der Waals surface area contributed by atoms with Crippen LogP contribution in [-0.2, 0) is 0 Å². The molecule has 0 aromatic carbocycles. The Morgan fingerprint density at radius 2 is 2.15 bits per heavy atom. The number of rotatable bonds is 2. The Morgan fingerprint density at radius 3 is 2.77 bits per heavy atom. The maximum atomic E-state index is 5.80. The Bertz CT molecular complexity index is 239. The standard InChI is InChI=1S/C9H15N3O/c10-7-1-3-8(4-2-7)12-9-11-5-6-13-9/h5-8H,1-4,10H2,(H,11,12). The first-order valence-corrected chi connectivity index (χ1v) is 4.76. The Balaban J connectivity index is 1.83. The fourth-order valence-electron chi connectivity index (χ4n) is 1.73. The fourth-order valence-corrected chi connectivity index (χ4v) is 1.73. The highest BCUT2D eigenvalue weighted by Crippen LogP contribution is 2.20. The van der Waals surface area contributed by atoms with Gasteiger partial charge in [0.2, 0.25) is 0 Å². The summed E-state index contributed by atoms with van der Waals surface area (Å²) in [4.78, 5) is 4.02. The predicted octanol–water partition coefficient (Wildman–Crippen LogP) is 1.36. The number of anilines is 1. The van der Waals surface area contributed by atoms with Crippen LogP contribution in [-0.4, -0.2) is 17.1 Å². The normalized spacial score (nSPS) is 28.7. The molecule has 0 atom stereocenters. The third-order valence-corrected chi connectivity index (χ3v) is 2.53. The van der Waals surface area contributed by atoms with Crippen LogP contribution in [0, 0.1) is 0 Å². The first kappa shape index (κ1) is 8.56. The summed E-state index contributed by atoms with van der Waals surface area (Å²) in [6.07, 6.45) is 7.65. The van der Waals surface area contributed by atoms with E-state index in [4.69, 9.17) is 10.2 Å². The predicted molar refractivity (Wildman–Crippen MR) is 50.4 cm³/mol. The van der Waals surface area contributed by atoms with Crippen molar-refractivity contribution in [1.82, 2.24) is 4.98 Å². The topological polar surface area (TPSA) is 64.1 Å². The number of oxazole rings is 1. The molecule has 1 aliphatic carbocycles. The maximum Gasteiger partial charge on any atom is 0.294 e. The van der Waals surface area contributed by atoms with Gasteiger partial charge >= 0.3 is 0 Å². The van der Waals surface area contributed by atoms with Gasteiger partial charge < -0.3 is 15.5 Å². The molecule has 13 heavy (non-hydrogen) atoms. The minimum atomic E-state index is 0.391. The van der Waals surface area contributed by atoms with E-state index in [1.54, 1.807) is 12.5 Å². The van der Waals surface area contributed by atoms with E-state index in [1.165, 1.54) is 0 Å². The Hall–Kier alpha value is -1.03. The minimum absolute atomic E-state index is 0.391. The van der Waals surface area contributed by atoms with E-state index in [0.717, 1.165) is 25.7 Å². The molecule has 3 N–H and O–H groups in total. The summed E-state index contributed by atoms with van der Waals surface area (Å²) < 4.78 is 5.11. The molecule has 0 aliphatic heterocycles. The molecule has 0 amide bonds. The van der Waals surface area contributed by atoms with Crippen molar-refractivity contribution >= 4 is 6.01 Å². The zero-order valence-corrected chi connectivity index (χ0v) is 7.57. The molecule has 1 fully saturated rings. The van der Waals surface area contributed by atoms with Gasteiger partial charge in [-0.3, -0.25) is 0 Å². The van der Waals surface area contributed by atoms with Crippen LogP contribution in [0.15, 0.2) is 16.9 Å². The molecular formula is C9H15N3O. The lowest BCUT2D eigenvalue weighted by Gasteiger charge is -2.25. The van der Waals surface area contributed by atoms with Crippen molar-refractivity contribution in [3.8, 4) is 0 Å². The van der Waals surface area contributed by atoms with Gasteiger partial charge in [-0.15, -0.1) is 0 Å². The highest BCUT2D eigenvalue weighted by molar-refractivity contribution is 5.20.